The lowest BCUT2D eigenvalue weighted by molar-refractivity contribution is -0.0698. The molecule has 51 heavy (non-hydrogen) atoms. The first kappa shape index (κ1) is 35.0. The number of fused-ring (bicyclic) bond motifs is 3. The van der Waals surface area contributed by atoms with Gasteiger partial charge in [-0.25, -0.2) is 9.97 Å². The minimum Gasteiger partial charge on any atom is -0.392 e. The predicted octanol–water partition coefficient (Wildman–Crippen LogP) is 4.02. The third kappa shape index (κ3) is 6.26. The summed E-state index contributed by atoms with van der Waals surface area (Å²) >= 11 is 0. The van der Waals surface area contributed by atoms with Gasteiger partial charge in [0, 0.05) is 74.3 Å². The maximum atomic E-state index is 13.8. The molecule has 268 valence electrons. The van der Waals surface area contributed by atoms with Crippen molar-refractivity contribution in [3.8, 4) is 16.9 Å². The standard InChI is InChI=1S/C38H44N8O4.H2S/c1-5-26-20-43(28-22-50-23-28)10-11-44(26)27-6-7-34(40-18-27)41-31-14-25(19-42(4)36(31)48)29-8-9-39-35(30(29)21-47)46-13-12-45-32(37(46)49)15-24-16-38(2,3)17-33(24)45;/h6-9,12-15,18-19,26,28,47H,5,10-11,16-17,20-23H2,1-4H3,(H,40,41);1H2/t26-;/m0./s1. The van der Waals surface area contributed by atoms with Gasteiger partial charge in [0.05, 0.1) is 37.7 Å². The molecule has 3 aliphatic rings. The number of rotatable bonds is 8. The summed E-state index contributed by atoms with van der Waals surface area (Å²) in [6.07, 6.45) is 11.7. The summed E-state index contributed by atoms with van der Waals surface area (Å²) in [6, 6.07) is 10.4. The highest BCUT2D eigenvalue weighted by Gasteiger charge is 2.34. The van der Waals surface area contributed by atoms with Crippen LogP contribution in [0.2, 0.25) is 0 Å². The Morgan fingerprint density at radius 1 is 1.04 bits per heavy atom. The Labute approximate surface area is 303 Å². The number of hydrogen-bond acceptors (Lipinski definition) is 9. The van der Waals surface area contributed by atoms with E-state index in [1.807, 2.05) is 28.9 Å². The lowest BCUT2D eigenvalue weighted by Crippen LogP contribution is -2.60. The van der Waals surface area contributed by atoms with E-state index in [1.54, 1.807) is 37.8 Å². The molecule has 1 aliphatic carbocycles. The summed E-state index contributed by atoms with van der Waals surface area (Å²) < 4.78 is 10.4. The van der Waals surface area contributed by atoms with Crippen molar-refractivity contribution in [1.29, 1.82) is 0 Å². The van der Waals surface area contributed by atoms with Gasteiger partial charge in [0.2, 0.25) is 0 Å². The van der Waals surface area contributed by atoms with Crippen LogP contribution in [0.25, 0.3) is 22.5 Å². The highest BCUT2D eigenvalue weighted by Crippen LogP contribution is 2.37. The van der Waals surface area contributed by atoms with Crippen LogP contribution < -0.4 is 21.3 Å². The molecule has 0 bridgehead atoms. The summed E-state index contributed by atoms with van der Waals surface area (Å²) in [4.78, 5) is 41.4. The molecule has 7 heterocycles. The number of piperazine rings is 1. The Kier molecular flexibility index (Phi) is 9.34. The molecule has 0 saturated carbocycles. The van der Waals surface area contributed by atoms with E-state index in [4.69, 9.17) is 9.72 Å². The number of aromatic nitrogens is 5. The molecule has 2 fully saturated rings. The SMILES string of the molecule is CC[C@H]1CN(C2COC2)CCN1c1ccc(Nc2cc(-c3ccnc(-n4ccn5c6c(cc5c4=O)CC(C)(C)C6)c3CO)cn(C)c2=O)nc1.S. The minimum atomic E-state index is -0.349. The van der Waals surface area contributed by atoms with E-state index in [0.717, 1.165) is 57.8 Å². The van der Waals surface area contributed by atoms with Crippen LogP contribution in [-0.4, -0.2) is 78.4 Å². The zero-order chi connectivity index (χ0) is 34.7. The predicted molar refractivity (Wildman–Crippen MR) is 204 cm³/mol. The van der Waals surface area contributed by atoms with Gasteiger partial charge in [-0.1, -0.05) is 20.8 Å². The summed E-state index contributed by atoms with van der Waals surface area (Å²) in [5, 5.41) is 13.9. The van der Waals surface area contributed by atoms with Crippen LogP contribution in [0.15, 0.2) is 70.9 Å². The maximum Gasteiger partial charge on any atom is 0.280 e. The molecule has 2 N–H and O–H groups in total. The smallest absolute Gasteiger partial charge is 0.280 e. The highest BCUT2D eigenvalue weighted by atomic mass is 32.1. The minimum absolute atomic E-state index is 0. The normalized spacial score (nSPS) is 18.8. The molecule has 1 atom stereocenters. The van der Waals surface area contributed by atoms with E-state index in [-0.39, 0.29) is 36.6 Å². The Morgan fingerprint density at radius 2 is 1.86 bits per heavy atom. The topological polar surface area (TPSA) is 122 Å². The van der Waals surface area contributed by atoms with Crippen molar-refractivity contribution in [2.24, 2.45) is 12.5 Å². The van der Waals surface area contributed by atoms with Crippen molar-refractivity contribution in [3.05, 3.63) is 98.8 Å². The average molecular weight is 711 g/mol. The summed E-state index contributed by atoms with van der Waals surface area (Å²) in [5.74, 6) is 0.911. The van der Waals surface area contributed by atoms with Gasteiger partial charge in [0.15, 0.2) is 0 Å². The van der Waals surface area contributed by atoms with Crippen molar-refractivity contribution in [2.75, 3.05) is 43.1 Å². The first-order valence-electron chi connectivity index (χ1n) is 17.5. The zero-order valence-electron chi connectivity index (χ0n) is 29.6. The van der Waals surface area contributed by atoms with Crippen LogP contribution in [0.4, 0.5) is 17.2 Å². The van der Waals surface area contributed by atoms with Crippen molar-refractivity contribution in [1.82, 2.24) is 28.4 Å². The van der Waals surface area contributed by atoms with Crippen molar-refractivity contribution in [2.45, 2.75) is 58.7 Å². The Bertz CT molecular complexity index is 2200. The van der Waals surface area contributed by atoms with E-state index in [1.165, 1.54) is 20.4 Å². The molecule has 2 aliphatic heterocycles. The molecule has 0 radical (unpaired) electrons. The third-order valence-corrected chi connectivity index (χ3v) is 10.7. The number of hydrogen-bond donors (Lipinski definition) is 2. The molecule has 5 aromatic heterocycles. The largest absolute Gasteiger partial charge is 0.392 e. The third-order valence-electron chi connectivity index (χ3n) is 10.7. The Hall–Kier alpha value is -4.43. The van der Waals surface area contributed by atoms with Crippen LogP contribution >= 0.6 is 13.5 Å². The second-order valence-electron chi connectivity index (χ2n) is 14.7. The number of pyridine rings is 3. The lowest BCUT2D eigenvalue weighted by atomic mass is 9.90. The van der Waals surface area contributed by atoms with Crippen molar-refractivity contribution >= 4 is 36.2 Å². The maximum absolute atomic E-state index is 13.8. The van der Waals surface area contributed by atoms with Gasteiger partial charge in [-0.3, -0.25) is 19.1 Å². The molecular weight excluding hydrogens is 665 g/mol. The first-order valence-corrected chi connectivity index (χ1v) is 17.5. The van der Waals surface area contributed by atoms with Crippen LogP contribution in [0.5, 0.6) is 0 Å². The number of nitrogens with zero attached hydrogens (tertiary/aromatic N) is 7. The monoisotopic (exact) mass is 710 g/mol. The van der Waals surface area contributed by atoms with Crippen LogP contribution in [0.3, 0.4) is 0 Å². The van der Waals surface area contributed by atoms with E-state index in [2.05, 4.69) is 46.9 Å². The second-order valence-corrected chi connectivity index (χ2v) is 14.7. The van der Waals surface area contributed by atoms with Crippen LogP contribution in [0.1, 0.15) is 44.0 Å². The molecule has 13 heteroatoms. The molecule has 0 amide bonds. The molecule has 0 aromatic carbocycles. The number of aryl methyl sites for hydroxylation is 1. The molecule has 0 spiro atoms. The van der Waals surface area contributed by atoms with E-state index in [0.29, 0.717) is 51.6 Å². The van der Waals surface area contributed by atoms with Crippen molar-refractivity contribution in [3.63, 3.8) is 0 Å². The number of aliphatic hydroxyl groups excluding tert-OH is 1. The summed E-state index contributed by atoms with van der Waals surface area (Å²) in [7, 11) is 1.69. The fourth-order valence-electron chi connectivity index (χ4n) is 7.99. The number of ether oxygens (including phenoxy) is 1. The van der Waals surface area contributed by atoms with Gasteiger partial charge in [0.25, 0.3) is 11.1 Å². The first-order chi connectivity index (χ1) is 24.1. The molecule has 0 unspecified atom stereocenters. The summed E-state index contributed by atoms with van der Waals surface area (Å²) in [5.41, 5.74) is 5.98. The van der Waals surface area contributed by atoms with Gasteiger partial charge in [-0.05, 0) is 66.1 Å². The van der Waals surface area contributed by atoms with E-state index in [9.17, 15) is 14.7 Å². The molecule has 5 aromatic rings. The zero-order valence-corrected chi connectivity index (χ0v) is 30.6. The van der Waals surface area contributed by atoms with Gasteiger partial charge in [0.1, 0.15) is 22.8 Å². The van der Waals surface area contributed by atoms with Crippen LogP contribution in [-0.2, 0) is 31.2 Å². The van der Waals surface area contributed by atoms with Crippen LogP contribution in [0, 0.1) is 5.41 Å². The molecule has 8 rings (SSSR count). The second kappa shape index (κ2) is 13.6. The Balaban J connectivity index is 0.00000406. The Morgan fingerprint density at radius 3 is 2.57 bits per heavy atom. The van der Waals surface area contributed by atoms with Crippen molar-refractivity contribution < 1.29 is 9.84 Å². The number of nitrogens with one attached hydrogen (secondary N) is 1. The van der Waals surface area contributed by atoms with Gasteiger partial charge >= 0.3 is 0 Å². The number of aliphatic hydroxyl groups is 1. The van der Waals surface area contributed by atoms with Gasteiger partial charge in [-0.2, -0.15) is 13.5 Å². The fourth-order valence-corrected chi connectivity index (χ4v) is 7.99. The molecule has 12 nitrogen and oxygen atoms in total. The molecule has 2 saturated heterocycles. The van der Waals surface area contributed by atoms with Gasteiger partial charge in [-0.15, -0.1) is 0 Å². The average Bonchev–Trinajstić information content (AvgIpc) is 3.58. The number of anilines is 3. The lowest BCUT2D eigenvalue weighted by Gasteiger charge is -2.47. The molecular formula is C38H46N8O4S. The van der Waals surface area contributed by atoms with E-state index >= 15 is 0 Å². The van der Waals surface area contributed by atoms with Gasteiger partial charge < -0.3 is 29.0 Å². The summed E-state index contributed by atoms with van der Waals surface area (Å²) in [6.45, 7) is 11.0. The van der Waals surface area contributed by atoms with E-state index < -0.39 is 0 Å². The highest BCUT2D eigenvalue weighted by molar-refractivity contribution is 7.59. The quantitative estimate of drug-likeness (QED) is 0.246. The fraction of sp³-hybridized carbons (Fsp3) is 0.421.